The molecule has 1 atom stereocenters. The summed E-state index contributed by atoms with van der Waals surface area (Å²) in [5.74, 6) is 0. The van der Waals surface area contributed by atoms with Gasteiger partial charge in [0.15, 0.2) is 0 Å². The zero-order valence-corrected chi connectivity index (χ0v) is 5.47. The summed E-state index contributed by atoms with van der Waals surface area (Å²) in [7, 11) is -0.799. The van der Waals surface area contributed by atoms with Crippen LogP contribution in [0.4, 0.5) is 0 Å². The van der Waals surface area contributed by atoms with Crippen LogP contribution in [0.3, 0.4) is 0 Å². The van der Waals surface area contributed by atoms with Gasteiger partial charge >= 0.3 is 0 Å². The Morgan fingerprint density at radius 1 is 1.86 bits per heavy atom. The van der Waals surface area contributed by atoms with Crippen LogP contribution in [0.15, 0.2) is 11.6 Å². The standard InChI is InChI=1S/C3H4NOPS/c5-6-3-4-1-2-7-3/h1-2H,6H2. The molecule has 0 fully saturated rings. The Bertz CT molecular complexity index is 150. The Morgan fingerprint density at radius 2 is 2.71 bits per heavy atom. The first kappa shape index (κ1) is 5.01. The molecule has 4 heteroatoms. The highest BCUT2D eigenvalue weighted by atomic mass is 32.1. The van der Waals surface area contributed by atoms with E-state index in [0.717, 1.165) is 4.75 Å². The number of rotatable bonds is 1. The molecule has 0 N–H and O–H groups in total. The molecule has 0 aliphatic carbocycles. The Morgan fingerprint density at radius 3 is 3.00 bits per heavy atom. The molecule has 0 amide bonds. The van der Waals surface area contributed by atoms with E-state index in [1.807, 2.05) is 5.38 Å². The molecule has 0 saturated heterocycles. The molecule has 0 aliphatic heterocycles. The van der Waals surface area contributed by atoms with Crippen molar-refractivity contribution in [3.63, 3.8) is 0 Å². The molecule has 0 radical (unpaired) electrons. The van der Waals surface area contributed by atoms with E-state index in [2.05, 4.69) is 4.98 Å². The van der Waals surface area contributed by atoms with Crippen LogP contribution in [0, 0.1) is 0 Å². The molecule has 1 aromatic heterocycles. The number of aromatic nitrogens is 1. The predicted octanol–water partition coefficient (Wildman–Crippen LogP) is 0.525. The molecule has 0 spiro atoms. The SMILES string of the molecule is O=[PH2]c1nccs1. The molecule has 1 heterocycles. The van der Waals surface area contributed by atoms with Crippen LogP contribution in [0.2, 0.25) is 0 Å². The normalized spacial score (nSPS) is 10.9. The van der Waals surface area contributed by atoms with Crippen LogP contribution in [0.1, 0.15) is 0 Å². The van der Waals surface area contributed by atoms with E-state index >= 15 is 0 Å². The quantitative estimate of drug-likeness (QED) is 0.523. The van der Waals surface area contributed by atoms with Gasteiger partial charge in [-0.2, -0.15) is 0 Å². The van der Waals surface area contributed by atoms with Gasteiger partial charge in [0.05, 0.1) is 0 Å². The first-order chi connectivity index (χ1) is 3.43. The fourth-order valence-corrected chi connectivity index (χ4v) is 1.28. The molecule has 0 saturated carbocycles. The van der Waals surface area contributed by atoms with Crippen molar-refractivity contribution in [3.05, 3.63) is 11.6 Å². The van der Waals surface area contributed by atoms with Gasteiger partial charge in [0.1, 0.15) is 13.2 Å². The molecule has 0 aliphatic rings. The maximum absolute atomic E-state index is 10.0. The minimum absolute atomic E-state index is 0.750. The average Bonchev–Trinajstić information content (AvgIpc) is 2.14. The van der Waals surface area contributed by atoms with E-state index in [4.69, 9.17) is 0 Å². The van der Waals surface area contributed by atoms with Crippen LogP contribution in [0.25, 0.3) is 0 Å². The van der Waals surface area contributed by atoms with Gasteiger partial charge in [0.25, 0.3) is 0 Å². The lowest BCUT2D eigenvalue weighted by molar-refractivity contribution is 0.603. The fourth-order valence-electron chi connectivity index (χ4n) is 0.293. The van der Waals surface area contributed by atoms with Gasteiger partial charge in [0, 0.05) is 11.6 Å². The Balaban J connectivity index is 2.96. The summed E-state index contributed by atoms with van der Waals surface area (Å²) in [6.07, 6.45) is 1.66. The van der Waals surface area contributed by atoms with Crippen molar-refractivity contribution in [2.24, 2.45) is 0 Å². The molecule has 0 bridgehead atoms. The molecule has 1 rings (SSSR count). The van der Waals surface area contributed by atoms with Crippen molar-refractivity contribution >= 4 is 24.5 Å². The molecular weight excluding hydrogens is 129 g/mol. The molecule has 7 heavy (non-hydrogen) atoms. The van der Waals surface area contributed by atoms with Crippen molar-refractivity contribution in [3.8, 4) is 0 Å². The second kappa shape index (κ2) is 2.24. The van der Waals surface area contributed by atoms with Crippen LogP contribution in [-0.4, -0.2) is 4.98 Å². The van der Waals surface area contributed by atoms with Crippen molar-refractivity contribution in [2.45, 2.75) is 0 Å². The van der Waals surface area contributed by atoms with Crippen molar-refractivity contribution in [1.82, 2.24) is 4.98 Å². The number of hydrogen-bond acceptors (Lipinski definition) is 3. The van der Waals surface area contributed by atoms with Gasteiger partial charge in [-0.1, -0.05) is 0 Å². The summed E-state index contributed by atoms with van der Waals surface area (Å²) in [6, 6.07) is 0. The van der Waals surface area contributed by atoms with E-state index in [1.165, 1.54) is 11.3 Å². The van der Waals surface area contributed by atoms with Gasteiger partial charge in [-0.3, -0.25) is 0 Å². The Labute approximate surface area is 46.4 Å². The van der Waals surface area contributed by atoms with Gasteiger partial charge < -0.3 is 4.57 Å². The van der Waals surface area contributed by atoms with E-state index in [0.29, 0.717) is 0 Å². The second-order valence-electron chi connectivity index (χ2n) is 0.988. The van der Waals surface area contributed by atoms with Crippen LogP contribution >= 0.6 is 19.8 Å². The van der Waals surface area contributed by atoms with E-state index < -0.39 is 8.46 Å². The maximum atomic E-state index is 10.0. The van der Waals surface area contributed by atoms with Crippen molar-refractivity contribution < 1.29 is 4.57 Å². The minimum atomic E-state index is -0.799. The van der Waals surface area contributed by atoms with E-state index in [9.17, 15) is 4.57 Å². The zero-order chi connectivity index (χ0) is 5.11. The van der Waals surface area contributed by atoms with Gasteiger partial charge in [0.2, 0.25) is 0 Å². The average molecular weight is 133 g/mol. The van der Waals surface area contributed by atoms with Crippen LogP contribution < -0.4 is 4.75 Å². The molecule has 0 aromatic carbocycles. The van der Waals surface area contributed by atoms with Gasteiger partial charge in [-0.05, 0) is 0 Å². The molecule has 38 valence electrons. The van der Waals surface area contributed by atoms with Crippen LogP contribution in [-0.2, 0) is 4.57 Å². The highest BCUT2D eigenvalue weighted by molar-refractivity contribution is 7.46. The zero-order valence-electron chi connectivity index (χ0n) is 3.50. The molecular formula is C3H4NOPS. The predicted molar refractivity (Wildman–Crippen MR) is 32.1 cm³/mol. The minimum Gasteiger partial charge on any atom is -0.323 e. The number of nitrogens with zero attached hydrogens (tertiary/aromatic N) is 1. The Hall–Kier alpha value is -0.140. The first-order valence-corrected chi connectivity index (χ1v) is 3.71. The lowest BCUT2D eigenvalue weighted by atomic mass is 11.0. The maximum Gasteiger partial charge on any atom is 0.147 e. The largest absolute Gasteiger partial charge is 0.323 e. The third-order valence-electron chi connectivity index (χ3n) is 0.552. The monoisotopic (exact) mass is 133 g/mol. The van der Waals surface area contributed by atoms with Gasteiger partial charge in [-0.15, -0.1) is 11.3 Å². The first-order valence-electron chi connectivity index (χ1n) is 1.78. The summed E-state index contributed by atoms with van der Waals surface area (Å²) in [5.41, 5.74) is 0. The Kier molecular flexibility index (Phi) is 1.60. The lowest BCUT2D eigenvalue weighted by Gasteiger charge is -1.66. The molecule has 1 aromatic rings. The van der Waals surface area contributed by atoms with Crippen molar-refractivity contribution in [2.75, 3.05) is 0 Å². The summed E-state index contributed by atoms with van der Waals surface area (Å²) in [6.45, 7) is 0. The summed E-state index contributed by atoms with van der Waals surface area (Å²) >= 11 is 1.44. The second-order valence-corrected chi connectivity index (χ2v) is 3.12. The third-order valence-corrected chi connectivity index (χ3v) is 2.20. The summed E-state index contributed by atoms with van der Waals surface area (Å²) in [5, 5.41) is 1.82. The topological polar surface area (TPSA) is 30.0 Å². The third kappa shape index (κ3) is 1.11. The lowest BCUT2D eigenvalue weighted by Crippen LogP contribution is -1.82. The number of hydrogen-bond donors (Lipinski definition) is 0. The molecule has 1 unspecified atom stereocenters. The van der Waals surface area contributed by atoms with Crippen molar-refractivity contribution in [1.29, 1.82) is 0 Å². The van der Waals surface area contributed by atoms with Crippen LogP contribution in [0.5, 0.6) is 0 Å². The van der Waals surface area contributed by atoms with Gasteiger partial charge in [-0.25, -0.2) is 4.98 Å². The summed E-state index contributed by atoms with van der Waals surface area (Å²) in [4.78, 5) is 3.78. The van der Waals surface area contributed by atoms with E-state index in [1.54, 1.807) is 6.20 Å². The smallest absolute Gasteiger partial charge is 0.147 e. The van der Waals surface area contributed by atoms with E-state index in [-0.39, 0.29) is 0 Å². The highest BCUT2D eigenvalue weighted by Crippen LogP contribution is 1.97. The molecule has 2 nitrogen and oxygen atoms in total. The summed E-state index contributed by atoms with van der Waals surface area (Å²) < 4.78 is 10.8. The number of thiazole rings is 1. The fraction of sp³-hybridized carbons (Fsp3) is 0. The highest BCUT2D eigenvalue weighted by Gasteiger charge is 1.83.